The van der Waals surface area contributed by atoms with Crippen LogP contribution >= 0.6 is 0 Å². The van der Waals surface area contributed by atoms with Gasteiger partial charge in [0.25, 0.3) is 0 Å². The Morgan fingerprint density at radius 2 is 1.35 bits per heavy atom. The van der Waals surface area contributed by atoms with Gasteiger partial charge in [-0.1, -0.05) is 29.4 Å². The number of hydrogen-bond donors (Lipinski definition) is 2. The maximum atomic E-state index is 14.3. The Balaban J connectivity index is 1.45. The van der Waals surface area contributed by atoms with Gasteiger partial charge in [-0.05, 0) is 66.0 Å². The van der Waals surface area contributed by atoms with E-state index in [0.717, 1.165) is 0 Å². The molecule has 4 aromatic carbocycles. The van der Waals surface area contributed by atoms with Gasteiger partial charge in [-0.15, -0.1) is 0 Å². The van der Waals surface area contributed by atoms with Crippen molar-refractivity contribution in [2.45, 2.75) is 6.42 Å². The predicted molar refractivity (Wildman–Crippen MR) is 144 cm³/mol. The molecule has 3 N–H and O–H groups in total. The smallest absolute Gasteiger partial charge is 0.349 e. The summed E-state index contributed by atoms with van der Waals surface area (Å²) in [7, 11) is 0. The van der Waals surface area contributed by atoms with Gasteiger partial charge in [-0.2, -0.15) is 0 Å². The van der Waals surface area contributed by atoms with Crippen LogP contribution in [0.15, 0.2) is 71.8 Å². The fourth-order valence-electron chi connectivity index (χ4n) is 3.75. The number of azide groups is 1. The number of esters is 2. The molecule has 0 aromatic heterocycles. The number of halogens is 4. The zero-order valence-electron chi connectivity index (χ0n) is 21.9. The zero-order chi connectivity index (χ0) is 31.1. The lowest BCUT2D eigenvalue weighted by Gasteiger charge is -2.12. The SMILES string of the molecule is [N-]=[N+]=Nc1c(F)c(F)c(C(=O)Oc2ccc(-c3ccc(OC(=O)c4ccc(O)cc4OCCCN)cc3)cc2)c(F)c1F. The molecule has 0 heterocycles. The Morgan fingerprint density at radius 1 is 0.814 bits per heavy atom. The van der Waals surface area contributed by atoms with Gasteiger partial charge < -0.3 is 25.1 Å². The summed E-state index contributed by atoms with van der Waals surface area (Å²) in [5, 5.41) is 12.3. The molecule has 0 aliphatic rings. The van der Waals surface area contributed by atoms with Crippen LogP contribution in [0.4, 0.5) is 23.2 Å². The lowest BCUT2D eigenvalue weighted by molar-refractivity contribution is 0.0715. The van der Waals surface area contributed by atoms with E-state index in [1.54, 1.807) is 12.1 Å². The number of phenolic OH excluding ortho intramolecular Hbond substituents is 1. The van der Waals surface area contributed by atoms with Gasteiger partial charge in [-0.3, -0.25) is 0 Å². The number of ether oxygens (including phenoxy) is 3. The summed E-state index contributed by atoms with van der Waals surface area (Å²) in [6.45, 7) is 0.626. The molecule has 0 spiro atoms. The van der Waals surface area contributed by atoms with Crippen LogP contribution in [-0.4, -0.2) is 30.2 Å². The Bertz CT molecular complexity index is 1700. The highest BCUT2D eigenvalue weighted by Crippen LogP contribution is 2.32. The van der Waals surface area contributed by atoms with E-state index in [1.807, 2.05) is 0 Å². The Labute approximate surface area is 240 Å². The minimum atomic E-state index is -2.08. The van der Waals surface area contributed by atoms with E-state index < -0.39 is 46.5 Å². The summed E-state index contributed by atoms with van der Waals surface area (Å²) >= 11 is 0. The molecule has 0 saturated heterocycles. The molecule has 0 unspecified atom stereocenters. The van der Waals surface area contributed by atoms with E-state index in [-0.39, 0.29) is 35.2 Å². The predicted octanol–water partition coefficient (Wildman–Crippen LogP) is 6.72. The Kier molecular flexibility index (Phi) is 9.45. The molecule has 14 heteroatoms. The topological polar surface area (TPSA) is 157 Å². The lowest BCUT2D eigenvalue weighted by atomic mass is 10.1. The molecule has 0 amide bonds. The first-order chi connectivity index (χ1) is 20.6. The van der Waals surface area contributed by atoms with E-state index in [2.05, 4.69) is 10.0 Å². The molecular formula is C29H20F4N4O6. The summed E-state index contributed by atoms with van der Waals surface area (Å²) in [6, 6.07) is 15.8. The van der Waals surface area contributed by atoms with Crippen molar-refractivity contribution in [2.24, 2.45) is 10.8 Å². The highest BCUT2D eigenvalue weighted by molar-refractivity contribution is 5.94. The zero-order valence-corrected chi connectivity index (χ0v) is 21.9. The fourth-order valence-corrected chi connectivity index (χ4v) is 3.75. The summed E-state index contributed by atoms with van der Waals surface area (Å²) in [4.78, 5) is 27.1. The van der Waals surface area contributed by atoms with E-state index in [0.29, 0.717) is 24.1 Å². The number of rotatable bonds is 10. The molecule has 220 valence electrons. The third-order valence-corrected chi connectivity index (χ3v) is 5.84. The first-order valence-corrected chi connectivity index (χ1v) is 12.4. The number of aromatic hydroxyl groups is 1. The van der Waals surface area contributed by atoms with Crippen LogP contribution in [0.3, 0.4) is 0 Å². The number of hydrogen-bond acceptors (Lipinski definition) is 8. The normalized spacial score (nSPS) is 10.5. The van der Waals surface area contributed by atoms with Crippen molar-refractivity contribution in [3.05, 3.63) is 112 Å². The van der Waals surface area contributed by atoms with Crippen LogP contribution in [0.5, 0.6) is 23.0 Å². The second-order valence-corrected chi connectivity index (χ2v) is 8.67. The average Bonchev–Trinajstić information content (AvgIpc) is 2.99. The van der Waals surface area contributed by atoms with Crippen LogP contribution < -0.4 is 19.9 Å². The minimum Gasteiger partial charge on any atom is -0.508 e. The van der Waals surface area contributed by atoms with Crippen molar-refractivity contribution in [1.29, 1.82) is 0 Å². The lowest BCUT2D eigenvalue weighted by Crippen LogP contribution is -2.16. The van der Waals surface area contributed by atoms with E-state index in [4.69, 9.17) is 25.5 Å². The molecule has 4 rings (SSSR count). The average molecular weight is 596 g/mol. The Morgan fingerprint density at radius 3 is 1.86 bits per heavy atom. The molecule has 0 fully saturated rings. The molecule has 10 nitrogen and oxygen atoms in total. The van der Waals surface area contributed by atoms with Crippen LogP contribution in [0.25, 0.3) is 21.6 Å². The second-order valence-electron chi connectivity index (χ2n) is 8.67. The van der Waals surface area contributed by atoms with Gasteiger partial charge in [0, 0.05) is 11.0 Å². The quantitative estimate of drug-likeness (QED) is 0.0301. The standard InChI is InChI=1S/C29H20F4N4O6/c30-23-22(24(31)26(33)27(25(23)32)36-37-35)29(40)43-19-9-4-16(5-10-19)15-2-7-18(8-3-15)42-28(39)20-11-6-17(38)14-21(20)41-13-1-12-34/h2-11,14,38H,1,12-13,34H2. The number of carbonyl (C=O) groups excluding carboxylic acids is 2. The monoisotopic (exact) mass is 596 g/mol. The fraction of sp³-hybridized carbons (Fsp3) is 0.103. The summed E-state index contributed by atoms with van der Waals surface area (Å²) in [5.74, 6) is -10.6. The van der Waals surface area contributed by atoms with Crippen molar-refractivity contribution in [3.8, 4) is 34.1 Å². The van der Waals surface area contributed by atoms with Crippen molar-refractivity contribution in [1.82, 2.24) is 0 Å². The summed E-state index contributed by atoms with van der Waals surface area (Å²) in [5.41, 5.74) is 11.9. The largest absolute Gasteiger partial charge is 0.508 e. The van der Waals surface area contributed by atoms with E-state index in [1.165, 1.54) is 54.6 Å². The van der Waals surface area contributed by atoms with Crippen molar-refractivity contribution < 1.29 is 46.5 Å². The molecule has 0 saturated carbocycles. The Hall–Kier alpha value is -5.59. The molecule has 0 radical (unpaired) electrons. The number of phenols is 1. The molecule has 43 heavy (non-hydrogen) atoms. The highest BCUT2D eigenvalue weighted by Gasteiger charge is 2.30. The molecule has 0 aliphatic heterocycles. The van der Waals surface area contributed by atoms with Crippen molar-refractivity contribution >= 4 is 17.6 Å². The second kappa shape index (κ2) is 13.4. The van der Waals surface area contributed by atoms with Gasteiger partial charge in [0.1, 0.15) is 39.8 Å². The maximum Gasteiger partial charge on any atom is 0.349 e. The molecular weight excluding hydrogens is 576 g/mol. The van der Waals surface area contributed by atoms with E-state index >= 15 is 0 Å². The molecule has 4 aromatic rings. The summed E-state index contributed by atoms with van der Waals surface area (Å²) in [6.07, 6.45) is 0.542. The van der Waals surface area contributed by atoms with E-state index in [9.17, 15) is 32.3 Å². The van der Waals surface area contributed by atoms with Crippen molar-refractivity contribution in [3.63, 3.8) is 0 Å². The highest BCUT2D eigenvalue weighted by atomic mass is 19.2. The van der Waals surface area contributed by atoms with Gasteiger partial charge in [0.05, 0.1) is 6.61 Å². The van der Waals surface area contributed by atoms with Gasteiger partial charge in [0.2, 0.25) is 0 Å². The molecule has 0 aliphatic carbocycles. The van der Waals surface area contributed by atoms with Crippen molar-refractivity contribution in [2.75, 3.05) is 13.2 Å². The minimum absolute atomic E-state index is 0.0903. The van der Waals surface area contributed by atoms with Crippen LogP contribution in [0.2, 0.25) is 0 Å². The van der Waals surface area contributed by atoms with Gasteiger partial charge in [-0.25, -0.2) is 27.2 Å². The maximum absolute atomic E-state index is 14.3. The first-order valence-electron chi connectivity index (χ1n) is 12.4. The number of benzene rings is 4. The number of nitrogens with zero attached hydrogens (tertiary/aromatic N) is 3. The molecule has 0 atom stereocenters. The third kappa shape index (κ3) is 6.84. The van der Waals surface area contributed by atoms with Crippen LogP contribution in [-0.2, 0) is 0 Å². The van der Waals surface area contributed by atoms with Crippen LogP contribution in [0, 0.1) is 23.3 Å². The summed E-state index contributed by atoms with van der Waals surface area (Å²) < 4.78 is 72.3. The van der Waals surface area contributed by atoms with Gasteiger partial charge >= 0.3 is 11.9 Å². The molecule has 0 bridgehead atoms. The number of nitrogens with two attached hydrogens (primary N) is 1. The number of carbonyl (C=O) groups is 2. The third-order valence-electron chi connectivity index (χ3n) is 5.84. The first kappa shape index (κ1) is 30.4. The van der Waals surface area contributed by atoms with Gasteiger partial charge in [0.15, 0.2) is 23.3 Å². The van der Waals surface area contributed by atoms with Crippen LogP contribution in [0.1, 0.15) is 27.1 Å².